The molecule has 2 rings (SSSR count). The van der Waals surface area contributed by atoms with Crippen LogP contribution in [-0.2, 0) is 10.0 Å². The Labute approximate surface area is 144 Å². The number of nitrogens with one attached hydrogen (secondary N) is 1. The van der Waals surface area contributed by atoms with Crippen molar-refractivity contribution in [1.29, 1.82) is 0 Å². The highest BCUT2D eigenvalue weighted by atomic mass is 35.5. The maximum atomic E-state index is 12.3. The first-order valence-electron chi connectivity index (χ1n) is 6.51. The van der Waals surface area contributed by atoms with Gasteiger partial charge in [-0.3, -0.25) is 4.79 Å². The van der Waals surface area contributed by atoms with E-state index in [1.165, 1.54) is 32.3 Å². The summed E-state index contributed by atoms with van der Waals surface area (Å²) in [6.45, 7) is 0. The lowest BCUT2D eigenvalue weighted by Crippen LogP contribution is -2.23. The van der Waals surface area contributed by atoms with Gasteiger partial charge in [0.25, 0.3) is 5.91 Å². The zero-order valence-electron chi connectivity index (χ0n) is 12.4. The Bertz CT molecular complexity index is 852. The van der Waals surface area contributed by atoms with E-state index in [4.69, 9.17) is 23.2 Å². The van der Waals surface area contributed by atoms with Crippen molar-refractivity contribution < 1.29 is 13.2 Å². The van der Waals surface area contributed by atoms with Gasteiger partial charge in [0.05, 0.1) is 15.7 Å². The normalized spacial score (nSPS) is 11.5. The average molecular weight is 373 g/mol. The molecule has 0 radical (unpaired) electrons. The van der Waals surface area contributed by atoms with Crippen LogP contribution in [-0.4, -0.2) is 32.7 Å². The minimum Gasteiger partial charge on any atom is -0.321 e. The summed E-state index contributed by atoms with van der Waals surface area (Å²) < 4.78 is 25.5. The van der Waals surface area contributed by atoms with Gasteiger partial charge < -0.3 is 5.32 Å². The predicted molar refractivity (Wildman–Crippen MR) is 91.7 cm³/mol. The van der Waals surface area contributed by atoms with Gasteiger partial charge >= 0.3 is 0 Å². The molecule has 0 saturated carbocycles. The van der Waals surface area contributed by atoms with Crippen LogP contribution >= 0.6 is 23.2 Å². The molecule has 0 atom stereocenters. The van der Waals surface area contributed by atoms with Gasteiger partial charge in [-0.15, -0.1) is 0 Å². The molecule has 0 aromatic heterocycles. The first kappa shape index (κ1) is 17.7. The molecule has 0 heterocycles. The molecule has 0 aliphatic heterocycles. The van der Waals surface area contributed by atoms with Gasteiger partial charge in [-0.1, -0.05) is 35.3 Å². The van der Waals surface area contributed by atoms with Crippen LogP contribution in [0.2, 0.25) is 10.0 Å². The summed E-state index contributed by atoms with van der Waals surface area (Å²) in [4.78, 5) is 12.2. The van der Waals surface area contributed by atoms with Crippen LogP contribution in [0.3, 0.4) is 0 Å². The third kappa shape index (κ3) is 3.84. The third-order valence-electron chi connectivity index (χ3n) is 3.07. The quantitative estimate of drug-likeness (QED) is 0.892. The second kappa shape index (κ2) is 6.88. The Kier molecular flexibility index (Phi) is 5.31. The summed E-state index contributed by atoms with van der Waals surface area (Å²) in [5.41, 5.74) is 0.598. The average Bonchev–Trinajstić information content (AvgIpc) is 2.49. The fourth-order valence-corrected chi connectivity index (χ4v) is 3.37. The Morgan fingerprint density at radius 3 is 2.30 bits per heavy atom. The Morgan fingerprint density at radius 2 is 1.70 bits per heavy atom. The summed E-state index contributed by atoms with van der Waals surface area (Å²) in [5, 5.41) is 3.07. The third-order valence-corrected chi connectivity index (χ3v) is 5.70. The monoisotopic (exact) mass is 372 g/mol. The number of sulfonamides is 1. The van der Waals surface area contributed by atoms with Crippen molar-refractivity contribution in [2.45, 2.75) is 4.90 Å². The fraction of sp³-hybridized carbons (Fsp3) is 0.133. The second-order valence-electron chi connectivity index (χ2n) is 4.87. The van der Waals surface area contributed by atoms with Crippen molar-refractivity contribution in [2.24, 2.45) is 0 Å². The topological polar surface area (TPSA) is 66.5 Å². The van der Waals surface area contributed by atoms with E-state index >= 15 is 0 Å². The predicted octanol–water partition coefficient (Wildman–Crippen LogP) is 3.50. The number of hydrogen-bond donors (Lipinski definition) is 1. The van der Waals surface area contributed by atoms with Gasteiger partial charge in [-0.05, 0) is 30.3 Å². The molecular weight excluding hydrogens is 359 g/mol. The second-order valence-corrected chi connectivity index (χ2v) is 7.80. The molecule has 0 spiro atoms. The molecule has 1 N–H and O–H groups in total. The van der Waals surface area contributed by atoms with Crippen LogP contribution in [0.25, 0.3) is 0 Å². The van der Waals surface area contributed by atoms with Crippen LogP contribution in [0.4, 0.5) is 5.69 Å². The molecule has 0 unspecified atom stereocenters. The van der Waals surface area contributed by atoms with Crippen LogP contribution in [0, 0.1) is 0 Å². The zero-order chi connectivity index (χ0) is 17.2. The first-order chi connectivity index (χ1) is 10.7. The summed E-state index contributed by atoms with van der Waals surface area (Å²) in [6.07, 6.45) is 0. The summed E-state index contributed by atoms with van der Waals surface area (Å²) >= 11 is 11.9. The van der Waals surface area contributed by atoms with Gasteiger partial charge in [0.15, 0.2) is 0 Å². The maximum absolute atomic E-state index is 12.3. The van der Waals surface area contributed by atoms with E-state index in [0.29, 0.717) is 10.7 Å². The van der Waals surface area contributed by atoms with Crippen molar-refractivity contribution in [3.8, 4) is 0 Å². The lowest BCUT2D eigenvalue weighted by atomic mass is 10.2. The number of halogens is 2. The molecule has 0 bridgehead atoms. The van der Waals surface area contributed by atoms with Gasteiger partial charge in [-0.2, -0.15) is 0 Å². The molecule has 2 aromatic rings. The molecule has 0 saturated heterocycles. The number of amides is 1. The number of para-hydroxylation sites is 1. The molecular formula is C15H14Cl2N2O3S. The molecule has 0 aliphatic carbocycles. The van der Waals surface area contributed by atoms with Gasteiger partial charge in [0, 0.05) is 19.7 Å². The van der Waals surface area contributed by atoms with Gasteiger partial charge in [0.1, 0.15) is 4.90 Å². The molecule has 1 amide bonds. The van der Waals surface area contributed by atoms with E-state index in [1.807, 2.05) is 0 Å². The Morgan fingerprint density at radius 1 is 1.04 bits per heavy atom. The molecule has 23 heavy (non-hydrogen) atoms. The van der Waals surface area contributed by atoms with E-state index in [9.17, 15) is 13.2 Å². The van der Waals surface area contributed by atoms with Crippen LogP contribution in [0.1, 0.15) is 10.4 Å². The Hall–Kier alpha value is -1.60. The van der Waals surface area contributed by atoms with E-state index < -0.39 is 15.9 Å². The number of benzene rings is 2. The number of carbonyl (C=O) groups excluding carboxylic acids is 1. The van der Waals surface area contributed by atoms with Crippen LogP contribution in [0.5, 0.6) is 0 Å². The SMILES string of the molecule is CN(C)S(=O)(=O)c1cc(C(=O)Nc2ccccc2Cl)ccc1Cl. The molecule has 122 valence electrons. The minimum absolute atomic E-state index is 0.0491. The van der Waals surface area contributed by atoms with Gasteiger partial charge in [0.2, 0.25) is 10.0 Å². The first-order valence-corrected chi connectivity index (χ1v) is 8.71. The van der Waals surface area contributed by atoms with Crippen molar-refractivity contribution in [3.63, 3.8) is 0 Å². The molecule has 8 heteroatoms. The smallest absolute Gasteiger partial charge is 0.255 e. The highest BCUT2D eigenvalue weighted by Gasteiger charge is 2.22. The van der Waals surface area contributed by atoms with E-state index in [1.54, 1.807) is 24.3 Å². The zero-order valence-corrected chi connectivity index (χ0v) is 14.7. The number of rotatable bonds is 4. The fourth-order valence-electron chi connectivity index (χ4n) is 1.80. The number of carbonyl (C=O) groups is 1. The molecule has 0 fully saturated rings. The van der Waals surface area contributed by atoms with E-state index in [2.05, 4.69) is 5.32 Å². The molecule has 5 nitrogen and oxygen atoms in total. The minimum atomic E-state index is -3.75. The van der Waals surface area contributed by atoms with Crippen LogP contribution in [0.15, 0.2) is 47.4 Å². The van der Waals surface area contributed by atoms with Crippen LogP contribution < -0.4 is 5.32 Å². The standard InChI is InChI=1S/C15H14Cl2N2O3S/c1-19(2)23(21,22)14-9-10(7-8-12(14)17)15(20)18-13-6-4-3-5-11(13)16/h3-9H,1-2H3,(H,18,20). The van der Waals surface area contributed by atoms with Crippen molar-refractivity contribution >= 4 is 44.8 Å². The van der Waals surface area contributed by atoms with Crippen molar-refractivity contribution in [3.05, 3.63) is 58.1 Å². The largest absolute Gasteiger partial charge is 0.321 e. The summed E-state index contributed by atoms with van der Waals surface area (Å²) in [6, 6.07) is 10.8. The van der Waals surface area contributed by atoms with Gasteiger partial charge in [-0.25, -0.2) is 12.7 Å². The lowest BCUT2D eigenvalue weighted by Gasteiger charge is -2.14. The molecule has 2 aromatic carbocycles. The van der Waals surface area contributed by atoms with Crippen molar-refractivity contribution in [2.75, 3.05) is 19.4 Å². The Balaban J connectivity index is 2.38. The summed E-state index contributed by atoms with van der Waals surface area (Å²) in [7, 11) is -0.967. The number of hydrogen-bond acceptors (Lipinski definition) is 3. The molecule has 0 aliphatic rings. The van der Waals surface area contributed by atoms with E-state index in [-0.39, 0.29) is 15.5 Å². The maximum Gasteiger partial charge on any atom is 0.255 e. The lowest BCUT2D eigenvalue weighted by molar-refractivity contribution is 0.102. The highest BCUT2D eigenvalue weighted by Crippen LogP contribution is 2.26. The van der Waals surface area contributed by atoms with Crippen molar-refractivity contribution in [1.82, 2.24) is 4.31 Å². The number of nitrogens with zero attached hydrogens (tertiary/aromatic N) is 1. The van der Waals surface area contributed by atoms with E-state index in [0.717, 1.165) is 4.31 Å². The number of anilines is 1. The highest BCUT2D eigenvalue weighted by molar-refractivity contribution is 7.89. The summed E-state index contributed by atoms with van der Waals surface area (Å²) in [5.74, 6) is -0.482.